The fourth-order valence-electron chi connectivity index (χ4n) is 2.07. The molecule has 0 fully saturated rings. The van der Waals surface area contributed by atoms with Crippen molar-refractivity contribution in [1.29, 1.82) is 0 Å². The van der Waals surface area contributed by atoms with Crippen LogP contribution < -0.4 is 4.74 Å². The Labute approximate surface area is 151 Å². The van der Waals surface area contributed by atoms with Gasteiger partial charge in [0, 0.05) is 10.6 Å². The molecule has 1 aromatic heterocycles. The van der Waals surface area contributed by atoms with E-state index < -0.39 is 5.76 Å². The van der Waals surface area contributed by atoms with E-state index in [-0.39, 0.29) is 0 Å². The van der Waals surface area contributed by atoms with Gasteiger partial charge >= 0.3 is 0 Å². The number of rotatable bonds is 7. The second-order valence-electron chi connectivity index (χ2n) is 4.88. The summed E-state index contributed by atoms with van der Waals surface area (Å²) >= 11 is 2.01. The molecule has 5 nitrogen and oxygen atoms in total. The number of methoxy groups -OCH3 is 1. The molecular weight excluding hydrogens is 366 g/mol. The van der Waals surface area contributed by atoms with Gasteiger partial charge in [0.2, 0.25) is 5.16 Å². The number of hydrogen-bond donors (Lipinski definition) is 0. The summed E-state index contributed by atoms with van der Waals surface area (Å²) in [5, 5.41) is 12.4. The van der Waals surface area contributed by atoms with E-state index in [1.807, 2.05) is 36.4 Å². The van der Waals surface area contributed by atoms with E-state index in [0.29, 0.717) is 27.6 Å². The van der Waals surface area contributed by atoms with Crippen LogP contribution in [-0.4, -0.2) is 33.1 Å². The van der Waals surface area contributed by atoms with Gasteiger partial charge in [0.15, 0.2) is 0 Å². The number of thioether (sulfide) groups is 2. The van der Waals surface area contributed by atoms with E-state index in [4.69, 9.17) is 4.74 Å². The van der Waals surface area contributed by atoms with Gasteiger partial charge < -0.3 is 4.74 Å². The monoisotopic (exact) mass is 380 g/mol. The lowest BCUT2D eigenvalue weighted by molar-refractivity contribution is 0.252. The summed E-state index contributed by atoms with van der Waals surface area (Å²) in [6.07, 6.45) is 0. The van der Waals surface area contributed by atoms with Gasteiger partial charge in [-0.3, -0.25) is 0 Å². The minimum atomic E-state index is -2.41. The maximum absolute atomic E-state index is 12.3. The second-order valence-corrected chi connectivity index (χ2v) is 6.89. The Morgan fingerprint density at radius 3 is 2.44 bits per heavy atom. The van der Waals surface area contributed by atoms with E-state index in [9.17, 15) is 8.78 Å². The molecule has 0 atom stereocenters. The summed E-state index contributed by atoms with van der Waals surface area (Å²) in [6.45, 7) is 0. The normalized spacial score (nSPS) is 11.0. The molecule has 130 valence electrons. The van der Waals surface area contributed by atoms with Gasteiger partial charge in [-0.15, -0.1) is 5.10 Å². The number of nitrogens with zero attached hydrogens (tertiary/aromatic N) is 4. The standard InChI is InChI=1S/C16H14F2N4OS2/c1-23-13-6-4-12(5-7-13)22-16(19-20-21-22)24-10-11-2-8-14(9-3-11)25-15(17)18/h2-9,15H,10H2,1H3. The number of ether oxygens (including phenoxy) is 1. The van der Waals surface area contributed by atoms with Crippen molar-refractivity contribution in [1.82, 2.24) is 20.2 Å². The van der Waals surface area contributed by atoms with E-state index in [0.717, 1.165) is 17.0 Å². The molecule has 0 aliphatic carbocycles. The van der Waals surface area contributed by atoms with Gasteiger partial charge in [-0.2, -0.15) is 13.5 Å². The highest BCUT2D eigenvalue weighted by Crippen LogP contribution is 2.27. The van der Waals surface area contributed by atoms with Crippen molar-refractivity contribution < 1.29 is 13.5 Å². The highest BCUT2D eigenvalue weighted by molar-refractivity contribution is 7.99. The van der Waals surface area contributed by atoms with E-state index in [2.05, 4.69) is 15.5 Å². The molecular formula is C16H14F2N4OS2. The summed E-state index contributed by atoms with van der Waals surface area (Å²) < 4.78 is 31.5. The molecule has 0 saturated carbocycles. The smallest absolute Gasteiger partial charge is 0.288 e. The van der Waals surface area contributed by atoms with Gasteiger partial charge in [0.1, 0.15) is 5.75 Å². The molecule has 9 heteroatoms. The number of benzene rings is 2. The van der Waals surface area contributed by atoms with Crippen LogP contribution in [0.2, 0.25) is 0 Å². The Kier molecular flexibility index (Phi) is 5.87. The minimum absolute atomic E-state index is 0.539. The average molecular weight is 380 g/mol. The SMILES string of the molecule is COc1ccc(-n2nnnc2SCc2ccc(SC(F)F)cc2)cc1. The Bertz CT molecular complexity index is 810. The van der Waals surface area contributed by atoms with Crippen molar-refractivity contribution in [3.05, 3.63) is 54.1 Å². The maximum Gasteiger partial charge on any atom is 0.288 e. The molecule has 0 N–H and O–H groups in total. The van der Waals surface area contributed by atoms with Crippen LogP contribution in [0.15, 0.2) is 58.6 Å². The van der Waals surface area contributed by atoms with Crippen molar-refractivity contribution in [3.63, 3.8) is 0 Å². The topological polar surface area (TPSA) is 52.8 Å². The number of tetrazole rings is 1. The first-order valence-electron chi connectivity index (χ1n) is 7.25. The lowest BCUT2D eigenvalue weighted by atomic mass is 10.2. The Hall–Kier alpha value is -2.13. The summed E-state index contributed by atoms with van der Waals surface area (Å²) in [5.41, 5.74) is 1.84. The number of hydrogen-bond acceptors (Lipinski definition) is 6. The van der Waals surface area contributed by atoms with Gasteiger partial charge in [-0.25, -0.2) is 0 Å². The van der Waals surface area contributed by atoms with Crippen LogP contribution in [0.4, 0.5) is 8.78 Å². The van der Waals surface area contributed by atoms with Crippen molar-refractivity contribution in [2.45, 2.75) is 21.6 Å². The molecule has 0 bridgehead atoms. The summed E-state index contributed by atoms with van der Waals surface area (Å²) in [5.74, 6) is -1.02. The lowest BCUT2D eigenvalue weighted by Gasteiger charge is -2.06. The molecule has 0 aliphatic heterocycles. The molecule has 2 aromatic carbocycles. The second kappa shape index (κ2) is 8.30. The minimum Gasteiger partial charge on any atom is -0.497 e. The summed E-state index contributed by atoms with van der Waals surface area (Å²) in [4.78, 5) is 0.548. The van der Waals surface area contributed by atoms with E-state index in [1.54, 1.807) is 23.9 Å². The first-order chi connectivity index (χ1) is 12.2. The zero-order chi connectivity index (χ0) is 17.6. The van der Waals surface area contributed by atoms with Crippen molar-refractivity contribution >= 4 is 23.5 Å². The largest absolute Gasteiger partial charge is 0.497 e. The predicted octanol–water partition coefficient (Wildman–Crippen LogP) is 4.28. The number of halogens is 2. The maximum atomic E-state index is 12.3. The molecule has 25 heavy (non-hydrogen) atoms. The molecule has 0 saturated heterocycles. The van der Waals surface area contributed by atoms with Crippen LogP contribution in [0.5, 0.6) is 5.75 Å². The molecule has 0 radical (unpaired) electrons. The van der Waals surface area contributed by atoms with Crippen molar-refractivity contribution in [2.24, 2.45) is 0 Å². The molecule has 0 aliphatic rings. The van der Waals surface area contributed by atoms with Crippen LogP contribution in [0.1, 0.15) is 5.56 Å². The molecule has 3 rings (SSSR count). The first kappa shape index (κ1) is 17.7. The number of alkyl halides is 2. The lowest BCUT2D eigenvalue weighted by Crippen LogP contribution is -1.99. The predicted molar refractivity (Wildman–Crippen MR) is 93.6 cm³/mol. The van der Waals surface area contributed by atoms with Gasteiger partial charge in [0.05, 0.1) is 12.8 Å². The van der Waals surface area contributed by atoms with Gasteiger partial charge in [-0.05, 0) is 52.4 Å². The van der Waals surface area contributed by atoms with E-state index >= 15 is 0 Å². The Morgan fingerprint density at radius 1 is 1.08 bits per heavy atom. The highest BCUT2D eigenvalue weighted by Gasteiger charge is 2.10. The molecule has 1 heterocycles. The Balaban J connectivity index is 1.67. The average Bonchev–Trinajstić information content (AvgIpc) is 3.09. The fraction of sp³-hybridized carbons (Fsp3) is 0.188. The summed E-state index contributed by atoms with van der Waals surface area (Å²) in [7, 11) is 1.61. The van der Waals surface area contributed by atoms with Crippen LogP contribution in [0, 0.1) is 0 Å². The highest BCUT2D eigenvalue weighted by atomic mass is 32.2. The zero-order valence-electron chi connectivity index (χ0n) is 13.2. The van der Waals surface area contributed by atoms with Gasteiger partial charge in [-0.1, -0.05) is 35.7 Å². The Morgan fingerprint density at radius 2 is 1.80 bits per heavy atom. The van der Waals surface area contributed by atoms with Gasteiger partial charge in [0.25, 0.3) is 5.76 Å². The summed E-state index contributed by atoms with van der Waals surface area (Å²) in [6, 6.07) is 14.5. The van der Waals surface area contributed by atoms with Crippen LogP contribution in [0.25, 0.3) is 5.69 Å². The zero-order valence-corrected chi connectivity index (χ0v) is 14.8. The third-order valence-electron chi connectivity index (χ3n) is 3.27. The third-order valence-corrected chi connectivity index (χ3v) is 4.99. The molecule has 0 amide bonds. The molecule has 0 spiro atoms. The third kappa shape index (κ3) is 4.70. The van der Waals surface area contributed by atoms with Crippen molar-refractivity contribution in [2.75, 3.05) is 7.11 Å². The van der Waals surface area contributed by atoms with Crippen LogP contribution >= 0.6 is 23.5 Å². The molecule has 0 unspecified atom stereocenters. The van der Waals surface area contributed by atoms with Crippen molar-refractivity contribution in [3.8, 4) is 11.4 Å². The molecule has 3 aromatic rings. The van der Waals surface area contributed by atoms with Crippen LogP contribution in [-0.2, 0) is 5.75 Å². The number of aromatic nitrogens is 4. The van der Waals surface area contributed by atoms with Crippen LogP contribution in [0.3, 0.4) is 0 Å². The van der Waals surface area contributed by atoms with E-state index in [1.165, 1.54) is 11.8 Å². The quantitative estimate of drug-likeness (QED) is 0.571. The fourth-order valence-corrected chi connectivity index (χ4v) is 3.42. The first-order valence-corrected chi connectivity index (χ1v) is 9.11.